The first-order valence-corrected chi connectivity index (χ1v) is 9.71. The fourth-order valence-electron chi connectivity index (χ4n) is 2.95. The van der Waals surface area contributed by atoms with Crippen LogP contribution in [0.4, 0.5) is 10.1 Å². The lowest BCUT2D eigenvalue weighted by atomic mass is 10.2. The Morgan fingerprint density at radius 3 is 2.55 bits per heavy atom. The van der Waals surface area contributed by atoms with E-state index in [4.69, 9.17) is 12.2 Å². The summed E-state index contributed by atoms with van der Waals surface area (Å²) in [6.45, 7) is 0. The second-order valence-corrected chi connectivity index (χ2v) is 7.83. The van der Waals surface area contributed by atoms with Crippen molar-refractivity contribution in [1.82, 2.24) is 4.57 Å². The third-order valence-corrected chi connectivity index (χ3v) is 5.61. The normalized spacial score (nSPS) is 15.3. The molecule has 29 heavy (non-hydrogen) atoms. The smallest absolute Gasteiger partial charge is 0.335 e. The van der Waals surface area contributed by atoms with Crippen LogP contribution in [0.5, 0.6) is 0 Å². The van der Waals surface area contributed by atoms with Crippen LogP contribution in [0.3, 0.4) is 0 Å². The Kier molecular flexibility index (Phi) is 5.04. The number of carbonyl (C=O) groups is 2. The number of anilines is 1. The number of aromatic carboxylic acids is 1. The summed E-state index contributed by atoms with van der Waals surface area (Å²) in [5, 5.41) is 9.18. The highest BCUT2D eigenvalue weighted by Crippen LogP contribution is 2.36. The molecule has 4 rings (SSSR count). The van der Waals surface area contributed by atoms with Crippen molar-refractivity contribution in [3.8, 4) is 5.69 Å². The Hall–Kier alpha value is -3.23. The van der Waals surface area contributed by atoms with Crippen molar-refractivity contribution in [1.29, 1.82) is 0 Å². The number of carboxylic acid groups (broad SMARTS) is 1. The minimum Gasteiger partial charge on any atom is -0.478 e. The largest absolute Gasteiger partial charge is 0.478 e. The lowest BCUT2D eigenvalue weighted by molar-refractivity contribution is -0.113. The van der Waals surface area contributed by atoms with Gasteiger partial charge < -0.3 is 9.67 Å². The summed E-state index contributed by atoms with van der Waals surface area (Å²) in [6.07, 6.45) is 3.53. The third-order valence-electron chi connectivity index (χ3n) is 4.31. The first-order chi connectivity index (χ1) is 13.9. The van der Waals surface area contributed by atoms with Crippen molar-refractivity contribution in [2.75, 3.05) is 4.90 Å². The number of hydrogen-bond acceptors (Lipinski definition) is 4. The Morgan fingerprint density at radius 1 is 1.07 bits per heavy atom. The highest BCUT2D eigenvalue weighted by atomic mass is 32.2. The fourth-order valence-corrected chi connectivity index (χ4v) is 4.23. The Bertz CT molecular complexity index is 1170. The molecule has 1 aromatic heterocycles. The third kappa shape index (κ3) is 3.72. The van der Waals surface area contributed by atoms with Crippen LogP contribution in [-0.4, -0.2) is 25.9 Å². The van der Waals surface area contributed by atoms with Crippen molar-refractivity contribution in [2.45, 2.75) is 0 Å². The topological polar surface area (TPSA) is 62.5 Å². The van der Waals surface area contributed by atoms with Crippen LogP contribution in [0, 0.1) is 5.82 Å². The van der Waals surface area contributed by atoms with Gasteiger partial charge in [0.15, 0.2) is 4.32 Å². The molecular formula is C21H13FN2O3S2. The van der Waals surface area contributed by atoms with Crippen molar-refractivity contribution >= 4 is 51.9 Å². The number of carbonyl (C=O) groups excluding carboxylic acids is 1. The van der Waals surface area contributed by atoms with Gasteiger partial charge in [0, 0.05) is 17.6 Å². The van der Waals surface area contributed by atoms with E-state index in [1.165, 1.54) is 29.2 Å². The van der Waals surface area contributed by atoms with Gasteiger partial charge in [-0.05, 0) is 60.7 Å². The number of hydrogen-bond donors (Lipinski definition) is 1. The summed E-state index contributed by atoms with van der Waals surface area (Å²) >= 11 is 6.50. The van der Waals surface area contributed by atoms with Crippen molar-refractivity contribution < 1.29 is 19.1 Å². The SMILES string of the molecule is O=C(O)c1cccc(N2C(=O)C(=Cc3cccn3-c3ccc(F)cc3)SC2=S)c1. The standard InChI is InChI=1S/C21H13FN2O3S2/c22-14-6-8-15(9-7-14)23-10-2-5-16(23)12-18-19(25)24(21(28)29-18)17-4-1-3-13(11-17)20(26)27/h1-12H,(H,26,27). The zero-order chi connectivity index (χ0) is 20.5. The number of nitrogens with zero attached hydrogens (tertiary/aromatic N) is 2. The molecule has 1 fully saturated rings. The van der Waals surface area contributed by atoms with Crippen molar-refractivity contribution in [2.24, 2.45) is 0 Å². The molecule has 0 saturated carbocycles. The van der Waals surface area contributed by atoms with Crippen LogP contribution in [0.25, 0.3) is 11.8 Å². The van der Waals surface area contributed by atoms with Crippen LogP contribution in [0.15, 0.2) is 71.8 Å². The van der Waals surface area contributed by atoms with E-state index in [0.717, 1.165) is 23.1 Å². The highest BCUT2D eigenvalue weighted by molar-refractivity contribution is 8.27. The van der Waals surface area contributed by atoms with E-state index in [9.17, 15) is 19.1 Å². The number of aromatic nitrogens is 1. The molecule has 1 amide bonds. The molecule has 5 nitrogen and oxygen atoms in total. The van der Waals surface area contributed by atoms with Gasteiger partial charge in [-0.2, -0.15) is 0 Å². The van der Waals surface area contributed by atoms with Gasteiger partial charge >= 0.3 is 5.97 Å². The van der Waals surface area contributed by atoms with Gasteiger partial charge in [0.1, 0.15) is 5.82 Å². The van der Waals surface area contributed by atoms with E-state index in [2.05, 4.69) is 0 Å². The molecule has 0 atom stereocenters. The van der Waals surface area contributed by atoms with E-state index in [1.54, 1.807) is 30.3 Å². The molecule has 144 valence electrons. The molecule has 1 aliphatic heterocycles. The van der Waals surface area contributed by atoms with Gasteiger partial charge in [0.2, 0.25) is 0 Å². The molecule has 0 unspecified atom stereocenters. The zero-order valence-corrected chi connectivity index (χ0v) is 16.4. The van der Waals surface area contributed by atoms with Gasteiger partial charge in [-0.25, -0.2) is 9.18 Å². The Morgan fingerprint density at radius 2 is 1.83 bits per heavy atom. The minimum atomic E-state index is -1.08. The second kappa shape index (κ2) is 7.65. The van der Waals surface area contributed by atoms with Gasteiger partial charge in [-0.15, -0.1) is 0 Å². The van der Waals surface area contributed by atoms with Crippen LogP contribution in [-0.2, 0) is 4.79 Å². The maximum absolute atomic E-state index is 13.2. The molecule has 1 aliphatic rings. The van der Waals surface area contributed by atoms with Gasteiger partial charge in [0.05, 0.1) is 16.2 Å². The average Bonchev–Trinajstić information content (AvgIpc) is 3.27. The molecule has 2 heterocycles. The van der Waals surface area contributed by atoms with Gasteiger partial charge in [0.25, 0.3) is 5.91 Å². The average molecular weight is 424 g/mol. The number of amides is 1. The Labute approximate surface area is 175 Å². The monoisotopic (exact) mass is 424 g/mol. The van der Waals surface area contributed by atoms with Gasteiger partial charge in [-0.3, -0.25) is 9.69 Å². The molecule has 0 spiro atoms. The van der Waals surface area contributed by atoms with Crippen molar-refractivity contribution in [3.63, 3.8) is 0 Å². The molecule has 0 radical (unpaired) electrons. The lowest BCUT2D eigenvalue weighted by Gasteiger charge is -2.14. The number of halogens is 1. The van der Waals surface area contributed by atoms with Crippen LogP contribution < -0.4 is 4.90 Å². The van der Waals surface area contributed by atoms with Gasteiger partial charge in [-0.1, -0.05) is 30.0 Å². The maximum Gasteiger partial charge on any atom is 0.335 e. The number of thioether (sulfide) groups is 1. The molecule has 2 aromatic carbocycles. The first kappa shape index (κ1) is 19.1. The van der Waals surface area contributed by atoms with E-state index < -0.39 is 5.97 Å². The van der Waals surface area contributed by atoms with Crippen LogP contribution in [0.2, 0.25) is 0 Å². The van der Waals surface area contributed by atoms with Crippen molar-refractivity contribution in [3.05, 3.63) is 88.8 Å². The van der Waals surface area contributed by atoms with Crippen LogP contribution >= 0.6 is 24.0 Å². The number of rotatable bonds is 4. The second-order valence-electron chi connectivity index (χ2n) is 6.15. The molecule has 0 bridgehead atoms. The Balaban J connectivity index is 1.67. The molecule has 1 saturated heterocycles. The summed E-state index contributed by atoms with van der Waals surface area (Å²) in [6, 6.07) is 15.8. The summed E-state index contributed by atoms with van der Waals surface area (Å²) in [4.78, 5) is 25.9. The predicted molar refractivity (Wildman–Crippen MR) is 115 cm³/mol. The molecular weight excluding hydrogens is 411 g/mol. The zero-order valence-electron chi connectivity index (χ0n) is 14.8. The summed E-state index contributed by atoms with van der Waals surface area (Å²) in [5.74, 6) is -1.73. The maximum atomic E-state index is 13.2. The lowest BCUT2D eigenvalue weighted by Crippen LogP contribution is -2.27. The fraction of sp³-hybridized carbons (Fsp3) is 0. The molecule has 1 N–H and O–H groups in total. The number of thiocarbonyl (C=S) groups is 1. The van der Waals surface area contributed by atoms with E-state index >= 15 is 0 Å². The highest BCUT2D eigenvalue weighted by Gasteiger charge is 2.33. The summed E-state index contributed by atoms with van der Waals surface area (Å²) < 4.78 is 15.4. The summed E-state index contributed by atoms with van der Waals surface area (Å²) in [5.41, 5.74) is 1.97. The summed E-state index contributed by atoms with van der Waals surface area (Å²) in [7, 11) is 0. The predicted octanol–water partition coefficient (Wildman–Crippen LogP) is 4.72. The minimum absolute atomic E-state index is 0.0747. The number of carboxylic acids is 1. The van der Waals surface area contributed by atoms with Crippen LogP contribution in [0.1, 0.15) is 16.1 Å². The number of benzene rings is 2. The first-order valence-electron chi connectivity index (χ1n) is 8.48. The van der Waals surface area contributed by atoms with E-state index in [0.29, 0.717) is 14.9 Å². The molecule has 3 aromatic rings. The molecule has 0 aliphatic carbocycles. The quantitative estimate of drug-likeness (QED) is 0.485. The van der Waals surface area contributed by atoms with E-state index in [1.807, 2.05) is 22.9 Å². The molecule has 8 heteroatoms. The van der Waals surface area contributed by atoms with E-state index in [-0.39, 0.29) is 17.3 Å².